The van der Waals surface area contributed by atoms with Gasteiger partial charge in [-0.2, -0.15) is 0 Å². The van der Waals surface area contributed by atoms with E-state index in [-0.39, 0.29) is 0 Å². The van der Waals surface area contributed by atoms with Gasteiger partial charge < -0.3 is 9.71 Å². The second-order valence-corrected chi connectivity index (χ2v) is 7.11. The topological polar surface area (TPSA) is 44.9 Å². The van der Waals surface area contributed by atoms with Crippen molar-refractivity contribution in [2.24, 2.45) is 0 Å². The second kappa shape index (κ2) is 4.53. The molecule has 4 heteroatoms. The van der Waals surface area contributed by atoms with E-state index in [2.05, 4.69) is 9.71 Å². The number of hydrogen-bond acceptors (Lipinski definition) is 1. The molecule has 2 N–H and O–H groups in total. The molecule has 0 amide bonds. The summed E-state index contributed by atoms with van der Waals surface area (Å²) in [6.07, 6.45) is 5.61. The fourth-order valence-corrected chi connectivity index (χ4v) is 4.56. The SMILES string of the molecule is O=S1(=Cc2c[nH]c3ccccc23)NC=Cc2ccccc21. The average molecular weight is 294 g/mol. The van der Waals surface area contributed by atoms with E-state index in [1.54, 1.807) is 6.20 Å². The highest BCUT2D eigenvalue weighted by atomic mass is 32.2. The van der Waals surface area contributed by atoms with Crippen molar-refractivity contribution in [1.29, 1.82) is 0 Å². The lowest BCUT2D eigenvalue weighted by molar-refractivity contribution is 0.676. The van der Waals surface area contributed by atoms with Gasteiger partial charge in [0.05, 0.1) is 14.6 Å². The highest BCUT2D eigenvalue weighted by Gasteiger charge is 2.16. The van der Waals surface area contributed by atoms with Gasteiger partial charge in [-0.05, 0) is 23.8 Å². The van der Waals surface area contributed by atoms with Crippen LogP contribution in [0.5, 0.6) is 0 Å². The van der Waals surface area contributed by atoms with Crippen LogP contribution in [0.3, 0.4) is 0 Å². The molecule has 0 fully saturated rings. The highest BCUT2D eigenvalue weighted by Crippen LogP contribution is 2.23. The van der Waals surface area contributed by atoms with Gasteiger partial charge in [0.25, 0.3) is 0 Å². The minimum atomic E-state index is -2.45. The standard InChI is InChI=1S/C17H14N2OS/c20-21(17-8-4-1-5-13(17)9-10-19-21)12-14-11-18-16-7-3-2-6-15(14)16/h1-12,18H,(H,19,20). The van der Waals surface area contributed by atoms with Crippen LogP contribution in [-0.4, -0.2) is 14.6 Å². The summed E-state index contributed by atoms with van der Waals surface area (Å²) in [4.78, 5) is 4.05. The van der Waals surface area contributed by atoms with Crippen LogP contribution in [-0.2, 0) is 9.71 Å². The minimum absolute atomic E-state index is 0.831. The molecule has 0 bridgehead atoms. The molecule has 0 radical (unpaired) electrons. The number of H-pyrrole nitrogens is 1. The van der Waals surface area contributed by atoms with Gasteiger partial charge in [-0.1, -0.05) is 36.4 Å². The maximum Gasteiger partial charge on any atom is 0.0815 e. The number of rotatable bonds is 1. The highest BCUT2D eigenvalue weighted by molar-refractivity contribution is 8.00. The molecule has 3 aromatic rings. The molecule has 1 aliphatic heterocycles. The van der Waals surface area contributed by atoms with E-state index < -0.39 is 9.71 Å². The fraction of sp³-hybridized carbons (Fsp3) is 0. The van der Waals surface area contributed by atoms with Crippen molar-refractivity contribution in [2.75, 3.05) is 0 Å². The van der Waals surface area contributed by atoms with Crippen LogP contribution >= 0.6 is 0 Å². The Hall–Kier alpha value is -2.46. The number of aromatic amines is 1. The number of hydrogen-bond donors (Lipinski definition) is 2. The van der Waals surface area contributed by atoms with E-state index in [0.29, 0.717) is 0 Å². The molecule has 1 atom stereocenters. The summed E-state index contributed by atoms with van der Waals surface area (Å²) in [6.45, 7) is 0. The molecular weight excluding hydrogens is 280 g/mol. The molecule has 0 saturated carbocycles. The van der Waals surface area contributed by atoms with E-state index in [9.17, 15) is 4.21 Å². The molecular formula is C17H14N2OS. The summed E-state index contributed by atoms with van der Waals surface area (Å²) in [6, 6.07) is 15.8. The minimum Gasteiger partial charge on any atom is -0.361 e. The molecule has 0 aliphatic carbocycles. The maximum absolute atomic E-state index is 13.3. The van der Waals surface area contributed by atoms with E-state index in [1.165, 1.54) is 0 Å². The average Bonchev–Trinajstić information content (AvgIpc) is 2.91. The molecule has 0 spiro atoms. The lowest BCUT2D eigenvalue weighted by atomic mass is 10.2. The Labute approximate surface area is 123 Å². The van der Waals surface area contributed by atoms with E-state index >= 15 is 0 Å². The number of aromatic nitrogens is 1. The Kier molecular flexibility index (Phi) is 2.65. The molecule has 104 valence electrons. The molecule has 1 aromatic heterocycles. The van der Waals surface area contributed by atoms with Crippen LogP contribution in [0.4, 0.5) is 0 Å². The number of benzene rings is 2. The first-order valence-electron chi connectivity index (χ1n) is 6.74. The Bertz CT molecular complexity index is 975. The third kappa shape index (κ3) is 1.96. The maximum atomic E-state index is 13.3. The summed E-state index contributed by atoms with van der Waals surface area (Å²) in [5.74, 6) is 0. The lowest BCUT2D eigenvalue weighted by Gasteiger charge is -2.18. The van der Waals surface area contributed by atoms with Gasteiger partial charge in [-0.15, -0.1) is 0 Å². The predicted octanol–water partition coefficient (Wildman–Crippen LogP) is 3.15. The zero-order chi connectivity index (χ0) is 14.3. The zero-order valence-electron chi connectivity index (χ0n) is 11.2. The van der Waals surface area contributed by atoms with Gasteiger partial charge in [0.2, 0.25) is 0 Å². The molecule has 1 aliphatic rings. The number of para-hydroxylation sites is 1. The number of fused-ring (bicyclic) bond motifs is 2. The third-order valence-corrected chi connectivity index (χ3v) is 5.76. The predicted molar refractivity (Wildman–Crippen MR) is 88.5 cm³/mol. The fourth-order valence-electron chi connectivity index (χ4n) is 2.65. The van der Waals surface area contributed by atoms with Crippen LogP contribution in [0.15, 0.2) is 65.8 Å². The second-order valence-electron chi connectivity index (χ2n) is 5.00. The van der Waals surface area contributed by atoms with Gasteiger partial charge in [0.15, 0.2) is 0 Å². The largest absolute Gasteiger partial charge is 0.361 e. The molecule has 1 unspecified atom stereocenters. The Morgan fingerprint density at radius 1 is 1.00 bits per heavy atom. The summed E-state index contributed by atoms with van der Waals surface area (Å²) >= 11 is 0. The Morgan fingerprint density at radius 3 is 2.76 bits per heavy atom. The van der Waals surface area contributed by atoms with Crippen molar-refractivity contribution in [3.63, 3.8) is 0 Å². The van der Waals surface area contributed by atoms with Crippen LogP contribution in [0.2, 0.25) is 0 Å². The van der Waals surface area contributed by atoms with Gasteiger partial charge in [-0.25, -0.2) is 4.21 Å². The zero-order valence-corrected chi connectivity index (χ0v) is 12.1. The molecule has 3 nitrogen and oxygen atoms in total. The van der Waals surface area contributed by atoms with Crippen molar-refractivity contribution in [2.45, 2.75) is 4.90 Å². The summed E-state index contributed by atoms with van der Waals surface area (Å²) in [5, 5.41) is 2.91. The van der Waals surface area contributed by atoms with Gasteiger partial charge in [-0.3, -0.25) is 0 Å². The van der Waals surface area contributed by atoms with Crippen LogP contribution in [0.25, 0.3) is 17.0 Å². The first-order chi connectivity index (χ1) is 10.3. The smallest absolute Gasteiger partial charge is 0.0815 e. The normalized spacial score (nSPS) is 20.0. The van der Waals surface area contributed by atoms with Crippen LogP contribution < -0.4 is 4.72 Å². The lowest BCUT2D eigenvalue weighted by Crippen LogP contribution is -2.24. The number of nitrogens with one attached hydrogen (secondary N) is 2. The first kappa shape index (κ1) is 12.3. The molecule has 2 aromatic carbocycles. The van der Waals surface area contributed by atoms with Gasteiger partial charge in [0.1, 0.15) is 0 Å². The first-order valence-corrected chi connectivity index (χ1v) is 8.36. The molecule has 0 saturated heterocycles. The van der Waals surface area contributed by atoms with Gasteiger partial charge >= 0.3 is 0 Å². The van der Waals surface area contributed by atoms with E-state index in [1.807, 2.05) is 66.2 Å². The summed E-state index contributed by atoms with van der Waals surface area (Å²) < 4.78 is 16.3. The van der Waals surface area contributed by atoms with E-state index in [4.69, 9.17) is 0 Å². The summed E-state index contributed by atoms with van der Waals surface area (Å²) in [7, 11) is -2.45. The van der Waals surface area contributed by atoms with Gasteiger partial charge in [0, 0.05) is 34.2 Å². The van der Waals surface area contributed by atoms with Crippen molar-refractivity contribution >= 4 is 32.1 Å². The Morgan fingerprint density at radius 2 is 1.81 bits per heavy atom. The van der Waals surface area contributed by atoms with Crippen LogP contribution in [0, 0.1) is 0 Å². The quantitative estimate of drug-likeness (QED) is 0.665. The molecule has 4 rings (SSSR count). The molecule has 21 heavy (non-hydrogen) atoms. The monoisotopic (exact) mass is 294 g/mol. The van der Waals surface area contributed by atoms with Crippen LogP contribution in [0.1, 0.15) is 11.1 Å². The van der Waals surface area contributed by atoms with Crippen molar-refractivity contribution in [3.8, 4) is 0 Å². The van der Waals surface area contributed by atoms with Crippen molar-refractivity contribution in [3.05, 3.63) is 72.1 Å². The molecule has 2 heterocycles. The third-order valence-electron chi connectivity index (χ3n) is 3.67. The van der Waals surface area contributed by atoms with Crippen molar-refractivity contribution < 1.29 is 4.21 Å². The summed E-state index contributed by atoms with van der Waals surface area (Å²) in [5.41, 5.74) is 3.00. The Balaban J connectivity index is 1.97. The van der Waals surface area contributed by atoms with E-state index in [0.717, 1.165) is 26.9 Å². The van der Waals surface area contributed by atoms with Crippen molar-refractivity contribution in [1.82, 2.24) is 9.71 Å².